The summed E-state index contributed by atoms with van der Waals surface area (Å²) in [4.78, 5) is 69.7. The minimum Gasteiger partial charge on any atom is -0.399 e. The molecule has 4 aromatic carbocycles. The second kappa shape index (κ2) is 17.1. The van der Waals surface area contributed by atoms with Crippen molar-refractivity contribution in [1.29, 1.82) is 0 Å². The van der Waals surface area contributed by atoms with Crippen molar-refractivity contribution in [2.45, 2.75) is 63.8 Å². The van der Waals surface area contributed by atoms with E-state index in [1.54, 1.807) is 18.2 Å². The average molecular weight is 757 g/mol. The number of anilines is 1. The van der Waals surface area contributed by atoms with Crippen molar-refractivity contribution in [3.8, 4) is 0 Å². The van der Waals surface area contributed by atoms with E-state index in [-0.39, 0.29) is 37.2 Å². The zero-order chi connectivity index (χ0) is 39.2. The van der Waals surface area contributed by atoms with Crippen LogP contribution in [0.2, 0.25) is 0 Å². The highest BCUT2D eigenvalue weighted by atomic mass is 16.2. The van der Waals surface area contributed by atoms with E-state index in [9.17, 15) is 24.0 Å². The Bertz CT molecular complexity index is 2350. The van der Waals surface area contributed by atoms with Gasteiger partial charge in [0, 0.05) is 44.8 Å². The Balaban J connectivity index is 1.04. The van der Waals surface area contributed by atoms with E-state index in [2.05, 4.69) is 10.6 Å². The first-order chi connectivity index (χ1) is 27.2. The standard InChI is InChI=1S/C43H48N8O5/c44-26-30-10-12-31(13-11-30)27-47-41(54)38-19-18-37(50-42(55)49(43(56)51(38)50)28-34-7-3-6-32-5-1-2-8-36(32)34)33-20-23-48(24-21-33)40(53)9-4-22-46-39(52)25-29-14-16-35(45)17-15-29/h1-3,5-8,10-19,33,37-38H,4,9,20-28,44-45H2,(H,46,52)(H,47,54)/t37-,38-/m1/s1. The van der Waals surface area contributed by atoms with Gasteiger partial charge in [-0.3, -0.25) is 14.4 Å². The van der Waals surface area contributed by atoms with Crippen molar-refractivity contribution in [3.05, 3.63) is 146 Å². The third-order valence-corrected chi connectivity index (χ3v) is 10.9. The molecule has 1 fully saturated rings. The first-order valence-corrected chi connectivity index (χ1v) is 19.2. The van der Waals surface area contributed by atoms with E-state index >= 15 is 0 Å². The first-order valence-electron chi connectivity index (χ1n) is 19.2. The van der Waals surface area contributed by atoms with Gasteiger partial charge in [0.05, 0.1) is 19.0 Å². The molecule has 0 spiro atoms. The topological polar surface area (TPSA) is 179 Å². The maximum Gasteiger partial charge on any atom is 0.348 e. The lowest BCUT2D eigenvalue weighted by atomic mass is 9.88. The number of nitrogens with two attached hydrogens (primary N) is 2. The molecule has 0 aliphatic carbocycles. The van der Waals surface area contributed by atoms with Crippen molar-refractivity contribution in [3.63, 3.8) is 0 Å². The molecule has 0 bridgehead atoms. The molecule has 3 amide bonds. The largest absolute Gasteiger partial charge is 0.399 e. The maximum atomic E-state index is 14.3. The number of likely N-dealkylation sites (tertiary alicyclic amines) is 1. The lowest BCUT2D eigenvalue weighted by molar-refractivity contribution is -0.133. The van der Waals surface area contributed by atoms with Crippen molar-refractivity contribution in [2.75, 3.05) is 25.4 Å². The van der Waals surface area contributed by atoms with Crippen LogP contribution < -0.4 is 33.5 Å². The monoisotopic (exact) mass is 756 g/mol. The quantitative estimate of drug-likeness (QED) is 0.0808. The molecule has 6 N–H and O–H groups in total. The second-order valence-corrected chi connectivity index (χ2v) is 14.6. The Morgan fingerprint density at radius 1 is 0.750 bits per heavy atom. The average Bonchev–Trinajstić information content (AvgIpc) is 3.47. The molecule has 290 valence electrons. The van der Waals surface area contributed by atoms with Gasteiger partial charge in [-0.25, -0.2) is 23.5 Å². The Hall–Kier alpha value is -6.21. The number of fused-ring (bicyclic) bond motifs is 2. The fraction of sp³-hybridized carbons (Fsp3) is 0.326. The fourth-order valence-corrected chi connectivity index (χ4v) is 7.80. The van der Waals surface area contributed by atoms with Crippen LogP contribution in [0.3, 0.4) is 0 Å². The minimum atomic E-state index is -1.03. The van der Waals surface area contributed by atoms with E-state index < -0.39 is 29.4 Å². The van der Waals surface area contributed by atoms with E-state index in [4.69, 9.17) is 11.5 Å². The third-order valence-electron chi connectivity index (χ3n) is 10.9. The predicted octanol–water partition coefficient (Wildman–Crippen LogP) is 3.40. The van der Waals surface area contributed by atoms with Crippen molar-refractivity contribution in [1.82, 2.24) is 29.5 Å². The van der Waals surface area contributed by atoms with E-state index in [1.165, 1.54) is 13.9 Å². The molecule has 1 aromatic heterocycles. The minimum absolute atomic E-state index is 0.0140. The SMILES string of the molecule is NCc1ccc(CNC(=O)[C@H]2C=C[C@H](C3CCN(C(=O)CCCNC(=O)Cc4ccc(N)cc4)CC3)n3c(=O)n(Cc4cccc5ccccc45)c(=O)n32)cc1. The van der Waals surface area contributed by atoms with Gasteiger partial charge in [-0.2, -0.15) is 0 Å². The van der Waals surface area contributed by atoms with Crippen LogP contribution in [0.25, 0.3) is 10.8 Å². The number of rotatable bonds is 13. The Morgan fingerprint density at radius 3 is 2.18 bits per heavy atom. The number of hydrogen-bond donors (Lipinski definition) is 4. The molecule has 13 nitrogen and oxygen atoms in total. The van der Waals surface area contributed by atoms with Crippen LogP contribution in [0, 0.1) is 5.92 Å². The number of nitrogens with zero attached hydrogens (tertiary/aromatic N) is 4. The lowest BCUT2D eigenvalue weighted by Gasteiger charge is -2.37. The Morgan fingerprint density at radius 2 is 1.43 bits per heavy atom. The van der Waals surface area contributed by atoms with Crippen molar-refractivity contribution >= 4 is 34.2 Å². The summed E-state index contributed by atoms with van der Waals surface area (Å²) >= 11 is 0. The lowest BCUT2D eigenvalue weighted by Crippen LogP contribution is -2.46. The van der Waals surface area contributed by atoms with Gasteiger partial charge in [-0.1, -0.05) is 91.0 Å². The number of carbonyl (C=O) groups is 3. The zero-order valence-corrected chi connectivity index (χ0v) is 31.3. The van der Waals surface area contributed by atoms with Gasteiger partial charge in [0.15, 0.2) is 6.04 Å². The molecule has 2 aliphatic rings. The summed E-state index contributed by atoms with van der Waals surface area (Å²) in [5.74, 6) is -0.548. The highest BCUT2D eigenvalue weighted by Crippen LogP contribution is 2.33. The van der Waals surface area contributed by atoms with Crippen LogP contribution in [-0.2, 0) is 40.4 Å². The van der Waals surface area contributed by atoms with Crippen molar-refractivity contribution in [2.24, 2.45) is 11.7 Å². The van der Waals surface area contributed by atoms with Crippen LogP contribution >= 0.6 is 0 Å². The molecule has 1 saturated heterocycles. The predicted molar refractivity (Wildman–Crippen MR) is 216 cm³/mol. The molecular weight excluding hydrogens is 709 g/mol. The normalized spacial score (nSPS) is 16.8. The molecule has 56 heavy (non-hydrogen) atoms. The fourth-order valence-electron chi connectivity index (χ4n) is 7.80. The number of hydrogen-bond acceptors (Lipinski definition) is 7. The van der Waals surface area contributed by atoms with Crippen LogP contribution in [0.4, 0.5) is 5.69 Å². The van der Waals surface area contributed by atoms with E-state index in [0.29, 0.717) is 57.5 Å². The van der Waals surface area contributed by atoms with E-state index in [1.807, 2.05) is 89.8 Å². The van der Waals surface area contributed by atoms with Crippen LogP contribution in [0.5, 0.6) is 0 Å². The number of benzene rings is 4. The smallest absolute Gasteiger partial charge is 0.348 e. The van der Waals surface area contributed by atoms with Gasteiger partial charge in [-0.15, -0.1) is 0 Å². The number of nitrogen functional groups attached to an aromatic ring is 1. The van der Waals surface area contributed by atoms with Gasteiger partial charge in [-0.05, 0) is 70.3 Å². The molecule has 0 saturated carbocycles. The van der Waals surface area contributed by atoms with Gasteiger partial charge in [0.2, 0.25) is 17.7 Å². The highest BCUT2D eigenvalue weighted by molar-refractivity contribution is 5.85. The Labute approximate surface area is 324 Å². The molecule has 3 heterocycles. The summed E-state index contributed by atoms with van der Waals surface area (Å²) in [5.41, 5.74) is 14.6. The second-order valence-electron chi connectivity index (χ2n) is 14.6. The summed E-state index contributed by atoms with van der Waals surface area (Å²) in [7, 11) is 0. The molecule has 2 aliphatic heterocycles. The highest BCUT2D eigenvalue weighted by Gasteiger charge is 2.37. The van der Waals surface area contributed by atoms with Crippen LogP contribution in [0.1, 0.15) is 60.0 Å². The molecule has 5 aromatic rings. The Kier molecular flexibility index (Phi) is 11.6. The number of nitrogens with one attached hydrogen (secondary N) is 2. The number of amides is 3. The van der Waals surface area contributed by atoms with Gasteiger partial charge in [0.1, 0.15) is 0 Å². The van der Waals surface area contributed by atoms with Crippen LogP contribution in [0.15, 0.2) is 113 Å². The molecular formula is C43H48N8O5. The molecule has 0 radical (unpaired) electrons. The summed E-state index contributed by atoms with van der Waals surface area (Å²) in [6.07, 6.45) is 5.90. The van der Waals surface area contributed by atoms with E-state index in [0.717, 1.165) is 33.0 Å². The molecule has 13 heteroatoms. The zero-order valence-electron chi connectivity index (χ0n) is 31.3. The molecule has 2 atom stereocenters. The van der Waals surface area contributed by atoms with Crippen LogP contribution in [-0.4, -0.2) is 56.2 Å². The number of piperidine rings is 1. The summed E-state index contributed by atoms with van der Waals surface area (Å²) < 4.78 is 3.99. The summed E-state index contributed by atoms with van der Waals surface area (Å²) in [6.45, 7) is 2.11. The first kappa shape index (κ1) is 38.1. The number of allylic oxidation sites excluding steroid dienone is 1. The van der Waals surface area contributed by atoms with Gasteiger partial charge < -0.3 is 27.0 Å². The van der Waals surface area contributed by atoms with Gasteiger partial charge >= 0.3 is 11.4 Å². The van der Waals surface area contributed by atoms with Gasteiger partial charge in [0.25, 0.3) is 0 Å². The third kappa shape index (κ3) is 8.37. The number of aromatic nitrogens is 3. The molecule has 7 rings (SSSR count). The summed E-state index contributed by atoms with van der Waals surface area (Å²) in [5, 5.41) is 7.78. The maximum absolute atomic E-state index is 14.3. The summed E-state index contributed by atoms with van der Waals surface area (Å²) in [6, 6.07) is 26.9. The van der Waals surface area contributed by atoms with Crippen molar-refractivity contribution < 1.29 is 14.4 Å². The molecule has 0 unspecified atom stereocenters. The number of carbonyl (C=O) groups excluding carboxylic acids is 3.